The summed E-state index contributed by atoms with van der Waals surface area (Å²) in [7, 11) is 0. The van der Waals surface area contributed by atoms with E-state index in [-0.39, 0.29) is 11.5 Å². The number of pyridine rings is 1. The van der Waals surface area contributed by atoms with Gasteiger partial charge in [-0.1, -0.05) is 26.8 Å². The van der Waals surface area contributed by atoms with E-state index >= 15 is 0 Å². The molecule has 1 amide bonds. The van der Waals surface area contributed by atoms with Crippen LogP contribution >= 0.6 is 0 Å². The van der Waals surface area contributed by atoms with Crippen LogP contribution in [0, 0.1) is 5.41 Å². The molecule has 3 aliphatic heterocycles. The van der Waals surface area contributed by atoms with Crippen molar-refractivity contribution < 1.29 is 14.6 Å². The molecule has 2 aromatic heterocycles. The van der Waals surface area contributed by atoms with Crippen LogP contribution in [0.2, 0.25) is 0 Å². The number of hydrogen-bond donors (Lipinski definition) is 1. The Labute approximate surface area is 188 Å². The summed E-state index contributed by atoms with van der Waals surface area (Å²) >= 11 is 0. The number of nitrogens with zero attached hydrogens (tertiary/aromatic N) is 5. The highest BCUT2D eigenvalue weighted by atomic mass is 16.5. The molecule has 0 aliphatic carbocycles. The lowest BCUT2D eigenvalue weighted by atomic mass is 9.74. The second kappa shape index (κ2) is 7.53. The Morgan fingerprint density at radius 2 is 2.00 bits per heavy atom. The largest absolute Gasteiger partial charge is 0.479 e. The first-order valence-electron chi connectivity index (χ1n) is 11.4. The molecule has 0 aromatic carbocycles. The van der Waals surface area contributed by atoms with Gasteiger partial charge in [-0.05, 0) is 36.5 Å². The van der Waals surface area contributed by atoms with Gasteiger partial charge < -0.3 is 19.6 Å². The lowest BCUT2D eigenvalue weighted by Crippen LogP contribution is -2.58. The standard InChI is InChI=1S/C24H31N5O3/c1-23(2,3)19-15-24(9-13-28(19)22(30)31)14-17(27-11-6-7-12-27)21-18(32-24)16-29(26-21)20-8-4-5-10-25-20/h4-5,8,10,14,16,19H,6-7,9,11-13,15H2,1-3H3,(H,30,31). The number of fused-ring (bicyclic) bond motifs is 1. The van der Waals surface area contributed by atoms with Crippen molar-refractivity contribution in [2.45, 2.75) is 58.1 Å². The maximum absolute atomic E-state index is 12.0. The summed E-state index contributed by atoms with van der Waals surface area (Å²) in [5, 5.41) is 14.7. The van der Waals surface area contributed by atoms with E-state index < -0.39 is 11.7 Å². The number of hydrogen-bond acceptors (Lipinski definition) is 5. The predicted molar refractivity (Wildman–Crippen MR) is 121 cm³/mol. The third kappa shape index (κ3) is 3.61. The van der Waals surface area contributed by atoms with Gasteiger partial charge in [0.2, 0.25) is 0 Å². The third-order valence-electron chi connectivity index (χ3n) is 6.90. The van der Waals surface area contributed by atoms with Gasteiger partial charge in [0.25, 0.3) is 0 Å². The lowest BCUT2D eigenvalue weighted by Gasteiger charge is -2.50. The molecule has 5 rings (SSSR count). The zero-order valence-corrected chi connectivity index (χ0v) is 19.0. The minimum absolute atomic E-state index is 0.141. The van der Waals surface area contributed by atoms with Gasteiger partial charge in [0.05, 0.1) is 11.9 Å². The van der Waals surface area contributed by atoms with Crippen molar-refractivity contribution in [3.8, 4) is 11.6 Å². The third-order valence-corrected chi connectivity index (χ3v) is 6.90. The van der Waals surface area contributed by atoms with Gasteiger partial charge in [-0.25, -0.2) is 14.5 Å². The number of piperidine rings is 1. The van der Waals surface area contributed by atoms with E-state index in [1.807, 2.05) is 24.4 Å². The summed E-state index contributed by atoms with van der Waals surface area (Å²) in [6.07, 6.45) is 8.62. The molecule has 0 saturated carbocycles. The molecule has 2 fully saturated rings. The Morgan fingerprint density at radius 3 is 2.66 bits per heavy atom. The zero-order chi connectivity index (χ0) is 22.5. The SMILES string of the molecule is CC(C)(C)C1CC2(C=C(N3CCCC3)c3nn(-c4ccccn4)cc3O2)CCN1C(=O)O. The van der Waals surface area contributed by atoms with Crippen LogP contribution in [0.25, 0.3) is 11.5 Å². The van der Waals surface area contributed by atoms with Crippen LogP contribution < -0.4 is 4.74 Å². The molecule has 0 radical (unpaired) electrons. The van der Waals surface area contributed by atoms with Crippen molar-refractivity contribution in [2.75, 3.05) is 19.6 Å². The van der Waals surface area contributed by atoms with E-state index in [0.717, 1.165) is 36.0 Å². The summed E-state index contributed by atoms with van der Waals surface area (Å²) in [6.45, 7) is 8.76. The minimum atomic E-state index is -0.858. The Kier molecular flexibility index (Phi) is 4.91. The van der Waals surface area contributed by atoms with Gasteiger partial charge >= 0.3 is 6.09 Å². The molecule has 8 heteroatoms. The molecule has 1 spiro atoms. The number of amides is 1. The summed E-state index contributed by atoms with van der Waals surface area (Å²) < 4.78 is 8.45. The number of ether oxygens (including phenoxy) is 1. The van der Waals surface area contributed by atoms with Crippen molar-refractivity contribution in [1.82, 2.24) is 24.6 Å². The molecular formula is C24H31N5O3. The van der Waals surface area contributed by atoms with Crippen LogP contribution in [-0.4, -0.2) is 67.0 Å². The summed E-state index contributed by atoms with van der Waals surface area (Å²) in [5.41, 5.74) is 1.20. The molecule has 0 bridgehead atoms. The highest BCUT2D eigenvalue weighted by Gasteiger charge is 2.49. The zero-order valence-electron chi connectivity index (χ0n) is 19.0. The number of carboxylic acid groups (broad SMARTS) is 1. The Hall–Kier alpha value is -3.03. The highest BCUT2D eigenvalue weighted by molar-refractivity contribution is 5.70. The van der Waals surface area contributed by atoms with E-state index in [1.54, 1.807) is 15.8 Å². The van der Waals surface area contributed by atoms with Gasteiger partial charge in [-0.2, -0.15) is 5.10 Å². The molecule has 2 aromatic rings. The van der Waals surface area contributed by atoms with Gasteiger partial charge in [0, 0.05) is 44.7 Å². The Morgan fingerprint density at radius 1 is 1.22 bits per heavy atom. The number of rotatable bonds is 2. The smallest absolute Gasteiger partial charge is 0.407 e. The average Bonchev–Trinajstić information content (AvgIpc) is 3.43. The lowest BCUT2D eigenvalue weighted by molar-refractivity contribution is -0.0238. The van der Waals surface area contributed by atoms with Crippen LogP contribution in [-0.2, 0) is 0 Å². The molecule has 2 saturated heterocycles. The monoisotopic (exact) mass is 437 g/mol. The number of aromatic nitrogens is 3. The van der Waals surface area contributed by atoms with Crippen LogP contribution in [0.15, 0.2) is 36.7 Å². The van der Waals surface area contributed by atoms with Gasteiger partial charge in [-0.3, -0.25) is 0 Å². The molecule has 1 N–H and O–H groups in total. The molecule has 8 nitrogen and oxygen atoms in total. The fraction of sp³-hybridized carbons (Fsp3) is 0.542. The Bertz CT molecular complexity index is 1040. The number of carbonyl (C=O) groups is 1. The molecule has 3 aliphatic rings. The average molecular weight is 438 g/mol. The van der Waals surface area contributed by atoms with Crippen LogP contribution in [0.3, 0.4) is 0 Å². The van der Waals surface area contributed by atoms with Crippen molar-refractivity contribution in [3.63, 3.8) is 0 Å². The summed E-state index contributed by atoms with van der Waals surface area (Å²) in [5.74, 6) is 1.49. The van der Waals surface area contributed by atoms with Crippen LogP contribution in [0.1, 0.15) is 52.1 Å². The van der Waals surface area contributed by atoms with Gasteiger partial charge in [-0.15, -0.1) is 0 Å². The van der Waals surface area contributed by atoms with Gasteiger partial charge in [0.1, 0.15) is 5.60 Å². The molecular weight excluding hydrogens is 406 g/mol. The normalized spacial score (nSPS) is 25.5. The van der Waals surface area contributed by atoms with E-state index in [1.165, 1.54) is 12.8 Å². The predicted octanol–water partition coefficient (Wildman–Crippen LogP) is 4.02. The fourth-order valence-electron chi connectivity index (χ4n) is 5.21. The maximum atomic E-state index is 12.0. The Balaban J connectivity index is 1.56. The highest BCUT2D eigenvalue weighted by Crippen LogP contribution is 2.46. The van der Waals surface area contributed by atoms with E-state index in [9.17, 15) is 9.90 Å². The second-order valence-corrected chi connectivity index (χ2v) is 10.2. The van der Waals surface area contributed by atoms with Crippen molar-refractivity contribution in [1.29, 1.82) is 0 Å². The summed E-state index contributed by atoms with van der Waals surface area (Å²) in [6, 6.07) is 5.61. The van der Waals surface area contributed by atoms with E-state index in [2.05, 4.69) is 36.7 Å². The quantitative estimate of drug-likeness (QED) is 0.764. The molecule has 5 heterocycles. The van der Waals surface area contributed by atoms with Crippen LogP contribution in [0.5, 0.6) is 5.75 Å². The first-order valence-corrected chi connectivity index (χ1v) is 11.4. The minimum Gasteiger partial charge on any atom is -0.479 e. The van der Waals surface area contributed by atoms with Crippen molar-refractivity contribution in [2.24, 2.45) is 5.41 Å². The van der Waals surface area contributed by atoms with Gasteiger partial charge in [0.15, 0.2) is 17.3 Å². The summed E-state index contributed by atoms with van der Waals surface area (Å²) in [4.78, 5) is 20.4. The molecule has 170 valence electrons. The van der Waals surface area contributed by atoms with E-state index in [4.69, 9.17) is 9.84 Å². The number of likely N-dealkylation sites (tertiary alicyclic amines) is 2. The van der Waals surface area contributed by atoms with E-state index in [0.29, 0.717) is 19.4 Å². The second-order valence-electron chi connectivity index (χ2n) is 10.2. The molecule has 2 atom stereocenters. The van der Waals surface area contributed by atoms with Crippen molar-refractivity contribution in [3.05, 3.63) is 42.4 Å². The molecule has 2 unspecified atom stereocenters. The first-order chi connectivity index (χ1) is 15.3. The molecule has 32 heavy (non-hydrogen) atoms. The topological polar surface area (TPSA) is 83.7 Å². The fourth-order valence-corrected chi connectivity index (χ4v) is 5.21. The van der Waals surface area contributed by atoms with Crippen LogP contribution in [0.4, 0.5) is 4.79 Å². The van der Waals surface area contributed by atoms with Crippen molar-refractivity contribution >= 4 is 11.8 Å². The maximum Gasteiger partial charge on any atom is 0.407 e. The first kappa shape index (κ1) is 20.8.